The molecular formula is C14H12N4O2. The van der Waals surface area contributed by atoms with E-state index in [4.69, 9.17) is 0 Å². The van der Waals surface area contributed by atoms with E-state index in [-0.39, 0.29) is 17.2 Å². The van der Waals surface area contributed by atoms with Gasteiger partial charge in [-0.25, -0.2) is 4.52 Å². The number of rotatable bonds is 2. The second-order valence-corrected chi connectivity index (χ2v) is 4.45. The van der Waals surface area contributed by atoms with Gasteiger partial charge in [-0.2, -0.15) is 5.10 Å². The molecule has 0 saturated heterocycles. The Bertz CT molecular complexity index is 833. The lowest BCUT2D eigenvalue weighted by molar-refractivity contribution is 0.102. The minimum Gasteiger partial charge on any atom is -0.323 e. The predicted molar refractivity (Wildman–Crippen MR) is 74.9 cm³/mol. The van der Waals surface area contributed by atoms with Gasteiger partial charge in [-0.15, -0.1) is 0 Å². The van der Waals surface area contributed by atoms with E-state index in [1.807, 2.05) is 18.2 Å². The number of aromatic nitrogens is 3. The second kappa shape index (κ2) is 4.65. The molecule has 0 aliphatic rings. The van der Waals surface area contributed by atoms with Crippen LogP contribution in [0.5, 0.6) is 0 Å². The van der Waals surface area contributed by atoms with Crippen LogP contribution in [-0.4, -0.2) is 20.5 Å². The first kappa shape index (κ1) is 12.2. The number of aromatic amines is 1. The van der Waals surface area contributed by atoms with E-state index in [1.54, 1.807) is 25.3 Å². The van der Waals surface area contributed by atoms with E-state index in [0.29, 0.717) is 16.9 Å². The SMILES string of the molecule is Cc1cn2nc(C(=O)Nc3ccccc3)cc2c(=O)[nH]1. The highest BCUT2D eigenvalue weighted by Crippen LogP contribution is 2.09. The average molecular weight is 268 g/mol. The number of hydrogen-bond donors (Lipinski definition) is 2. The number of fused-ring (bicyclic) bond motifs is 1. The summed E-state index contributed by atoms with van der Waals surface area (Å²) in [5, 5.41) is 6.84. The van der Waals surface area contributed by atoms with Crippen molar-refractivity contribution in [2.24, 2.45) is 0 Å². The number of carbonyl (C=O) groups is 1. The lowest BCUT2D eigenvalue weighted by Crippen LogP contribution is -2.12. The highest BCUT2D eigenvalue weighted by Gasteiger charge is 2.13. The minimum absolute atomic E-state index is 0.199. The Morgan fingerprint density at radius 1 is 1.30 bits per heavy atom. The highest BCUT2D eigenvalue weighted by atomic mass is 16.2. The van der Waals surface area contributed by atoms with Crippen LogP contribution in [0.25, 0.3) is 5.52 Å². The van der Waals surface area contributed by atoms with Crippen LogP contribution in [0.3, 0.4) is 0 Å². The molecule has 0 atom stereocenters. The van der Waals surface area contributed by atoms with Crippen LogP contribution >= 0.6 is 0 Å². The summed E-state index contributed by atoms with van der Waals surface area (Å²) in [6, 6.07) is 10.6. The maximum Gasteiger partial charge on any atom is 0.276 e. The predicted octanol–water partition coefficient (Wildman–Crippen LogP) is 1.58. The van der Waals surface area contributed by atoms with Gasteiger partial charge < -0.3 is 10.3 Å². The molecule has 20 heavy (non-hydrogen) atoms. The third-order valence-corrected chi connectivity index (χ3v) is 2.86. The Kier molecular flexibility index (Phi) is 2.83. The molecule has 6 heteroatoms. The van der Waals surface area contributed by atoms with E-state index < -0.39 is 0 Å². The first-order valence-electron chi connectivity index (χ1n) is 6.09. The lowest BCUT2D eigenvalue weighted by atomic mass is 10.3. The van der Waals surface area contributed by atoms with Crippen molar-refractivity contribution in [3.8, 4) is 0 Å². The Morgan fingerprint density at radius 3 is 2.80 bits per heavy atom. The third-order valence-electron chi connectivity index (χ3n) is 2.86. The summed E-state index contributed by atoms with van der Waals surface area (Å²) in [6.45, 7) is 1.76. The topological polar surface area (TPSA) is 79.3 Å². The number of H-pyrrole nitrogens is 1. The van der Waals surface area contributed by atoms with Gasteiger partial charge in [0.15, 0.2) is 5.69 Å². The molecule has 0 aliphatic carbocycles. The molecule has 0 saturated carbocycles. The van der Waals surface area contributed by atoms with E-state index in [9.17, 15) is 9.59 Å². The summed E-state index contributed by atoms with van der Waals surface area (Å²) in [4.78, 5) is 26.5. The molecular weight excluding hydrogens is 256 g/mol. The third kappa shape index (κ3) is 2.18. The number of aryl methyl sites for hydroxylation is 1. The van der Waals surface area contributed by atoms with Crippen LogP contribution in [0.4, 0.5) is 5.69 Å². The molecule has 0 fully saturated rings. The maximum absolute atomic E-state index is 12.1. The molecule has 2 heterocycles. The zero-order chi connectivity index (χ0) is 14.1. The van der Waals surface area contributed by atoms with E-state index in [0.717, 1.165) is 0 Å². The summed E-state index contributed by atoms with van der Waals surface area (Å²) in [5.41, 5.74) is 1.63. The number of carbonyl (C=O) groups excluding carboxylic acids is 1. The van der Waals surface area contributed by atoms with Crippen molar-refractivity contribution in [1.82, 2.24) is 14.6 Å². The number of hydrogen-bond acceptors (Lipinski definition) is 3. The Morgan fingerprint density at radius 2 is 2.05 bits per heavy atom. The van der Waals surface area contributed by atoms with Gasteiger partial charge in [-0.05, 0) is 19.1 Å². The second-order valence-electron chi connectivity index (χ2n) is 4.45. The Balaban J connectivity index is 1.96. The van der Waals surface area contributed by atoms with Crippen LogP contribution in [-0.2, 0) is 0 Å². The van der Waals surface area contributed by atoms with Gasteiger partial charge in [-0.1, -0.05) is 18.2 Å². The minimum atomic E-state index is -0.350. The highest BCUT2D eigenvalue weighted by molar-refractivity contribution is 6.03. The van der Waals surface area contributed by atoms with Gasteiger partial charge in [0, 0.05) is 23.6 Å². The van der Waals surface area contributed by atoms with E-state index >= 15 is 0 Å². The monoisotopic (exact) mass is 268 g/mol. The summed E-state index contributed by atoms with van der Waals surface area (Å²) >= 11 is 0. The fourth-order valence-electron chi connectivity index (χ4n) is 1.95. The van der Waals surface area contributed by atoms with Crippen LogP contribution in [0.1, 0.15) is 16.2 Å². The first-order valence-corrected chi connectivity index (χ1v) is 6.09. The van der Waals surface area contributed by atoms with Crippen LogP contribution in [0.2, 0.25) is 0 Å². The lowest BCUT2D eigenvalue weighted by Gasteiger charge is -2.01. The molecule has 0 unspecified atom stereocenters. The average Bonchev–Trinajstić information content (AvgIpc) is 2.84. The molecule has 0 radical (unpaired) electrons. The number of benzene rings is 1. The summed E-state index contributed by atoms with van der Waals surface area (Å²) < 4.78 is 1.41. The largest absolute Gasteiger partial charge is 0.323 e. The number of anilines is 1. The van der Waals surface area contributed by atoms with Crippen molar-refractivity contribution in [2.75, 3.05) is 5.32 Å². The fourth-order valence-corrected chi connectivity index (χ4v) is 1.95. The molecule has 1 amide bonds. The maximum atomic E-state index is 12.1. The standard InChI is InChI=1S/C14H12N4O2/c1-9-8-18-12(14(20)15-9)7-11(17-18)13(19)16-10-5-3-2-4-6-10/h2-8H,1H3,(H,15,20)(H,16,19). The Labute approximate surface area is 114 Å². The summed E-state index contributed by atoms with van der Waals surface area (Å²) in [6.07, 6.45) is 1.66. The Hall–Kier alpha value is -2.89. The molecule has 1 aromatic carbocycles. The molecule has 6 nitrogen and oxygen atoms in total. The summed E-state index contributed by atoms with van der Waals surface area (Å²) in [5.74, 6) is -0.350. The molecule has 2 N–H and O–H groups in total. The van der Waals surface area contributed by atoms with Crippen molar-refractivity contribution in [3.05, 3.63) is 64.3 Å². The fraction of sp³-hybridized carbons (Fsp3) is 0.0714. The molecule has 100 valence electrons. The molecule has 0 aliphatic heterocycles. The number of nitrogens with zero attached hydrogens (tertiary/aromatic N) is 2. The number of amides is 1. The zero-order valence-corrected chi connectivity index (χ0v) is 10.8. The van der Waals surface area contributed by atoms with Crippen molar-refractivity contribution < 1.29 is 4.79 Å². The number of para-hydroxylation sites is 1. The van der Waals surface area contributed by atoms with Gasteiger partial charge in [0.05, 0.1) is 0 Å². The molecule has 3 rings (SSSR count). The van der Waals surface area contributed by atoms with Crippen molar-refractivity contribution >= 4 is 17.1 Å². The molecule has 2 aromatic heterocycles. The molecule has 0 bridgehead atoms. The molecule has 0 spiro atoms. The first-order chi connectivity index (χ1) is 9.63. The van der Waals surface area contributed by atoms with Gasteiger partial charge in [-0.3, -0.25) is 9.59 Å². The van der Waals surface area contributed by atoms with Crippen LogP contribution < -0.4 is 10.9 Å². The van der Waals surface area contributed by atoms with Crippen LogP contribution in [0.15, 0.2) is 47.4 Å². The summed E-state index contributed by atoms with van der Waals surface area (Å²) in [7, 11) is 0. The number of nitrogens with one attached hydrogen (secondary N) is 2. The van der Waals surface area contributed by atoms with E-state index in [2.05, 4.69) is 15.4 Å². The molecule has 3 aromatic rings. The smallest absolute Gasteiger partial charge is 0.276 e. The zero-order valence-electron chi connectivity index (χ0n) is 10.8. The van der Waals surface area contributed by atoms with Crippen molar-refractivity contribution in [1.29, 1.82) is 0 Å². The van der Waals surface area contributed by atoms with Crippen LogP contribution in [0, 0.1) is 6.92 Å². The van der Waals surface area contributed by atoms with Gasteiger partial charge in [0.2, 0.25) is 0 Å². The van der Waals surface area contributed by atoms with E-state index in [1.165, 1.54) is 10.6 Å². The van der Waals surface area contributed by atoms with Crippen molar-refractivity contribution in [3.63, 3.8) is 0 Å². The van der Waals surface area contributed by atoms with Gasteiger partial charge in [0.25, 0.3) is 11.5 Å². The normalized spacial score (nSPS) is 10.7. The van der Waals surface area contributed by atoms with Gasteiger partial charge in [0.1, 0.15) is 5.52 Å². The van der Waals surface area contributed by atoms with Gasteiger partial charge >= 0.3 is 0 Å². The quantitative estimate of drug-likeness (QED) is 0.740. The van der Waals surface area contributed by atoms with Crippen molar-refractivity contribution in [2.45, 2.75) is 6.92 Å².